The Labute approximate surface area is 148 Å². The number of hydrogen-bond acceptors (Lipinski definition) is 3. The van der Waals surface area contributed by atoms with E-state index >= 15 is 0 Å². The van der Waals surface area contributed by atoms with E-state index in [1.165, 1.54) is 5.56 Å². The summed E-state index contributed by atoms with van der Waals surface area (Å²) in [6.07, 6.45) is 1.11. The van der Waals surface area contributed by atoms with Crippen LogP contribution in [0.15, 0.2) is 48.5 Å². The van der Waals surface area contributed by atoms with E-state index in [4.69, 9.17) is 5.26 Å². The van der Waals surface area contributed by atoms with Crippen molar-refractivity contribution in [3.05, 3.63) is 65.2 Å². The number of nitriles is 1. The molecule has 1 atom stereocenters. The summed E-state index contributed by atoms with van der Waals surface area (Å²) >= 11 is 1.54. The second-order valence-electron chi connectivity index (χ2n) is 5.78. The van der Waals surface area contributed by atoms with Crippen LogP contribution in [0.25, 0.3) is 0 Å². The van der Waals surface area contributed by atoms with Gasteiger partial charge in [-0.1, -0.05) is 38.1 Å². The zero-order valence-electron chi connectivity index (χ0n) is 14.1. The number of rotatable bonds is 7. The van der Waals surface area contributed by atoms with Crippen LogP contribution < -0.4 is 5.32 Å². The topological polar surface area (TPSA) is 52.9 Å². The van der Waals surface area contributed by atoms with E-state index in [0.29, 0.717) is 17.2 Å². The van der Waals surface area contributed by atoms with E-state index in [0.717, 1.165) is 23.4 Å². The van der Waals surface area contributed by atoms with Crippen LogP contribution in [0.5, 0.6) is 0 Å². The lowest BCUT2D eigenvalue weighted by Gasteiger charge is -2.10. The first kappa shape index (κ1) is 18.1. The highest BCUT2D eigenvalue weighted by molar-refractivity contribution is 7.99. The van der Waals surface area contributed by atoms with Crippen molar-refractivity contribution >= 4 is 23.4 Å². The Morgan fingerprint density at radius 2 is 2.00 bits per heavy atom. The highest BCUT2D eigenvalue weighted by Gasteiger charge is 2.06. The van der Waals surface area contributed by atoms with Crippen molar-refractivity contribution < 1.29 is 4.79 Å². The largest absolute Gasteiger partial charge is 0.325 e. The molecule has 4 heteroatoms. The number of thioether (sulfide) groups is 1. The Balaban J connectivity index is 1.80. The first-order valence-corrected chi connectivity index (χ1v) is 9.24. The molecule has 0 aliphatic heterocycles. The van der Waals surface area contributed by atoms with Crippen LogP contribution in [0, 0.1) is 11.3 Å². The van der Waals surface area contributed by atoms with Gasteiger partial charge in [0.15, 0.2) is 0 Å². The van der Waals surface area contributed by atoms with Crippen molar-refractivity contribution in [3.8, 4) is 6.07 Å². The van der Waals surface area contributed by atoms with Gasteiger partial charge < -0.3 is 5.32 Å². The minimum absolute atomic E-state index is 0.00673. The Morgan fingerprint density at radius 1 is 1.25 bits per heavy atom. The van der Waals surface area contributed by atoms with Gasteiger partial charge in [0, 0.05) is 11.4 Å². The van der Waals surface area contributed by atoms with Gasteiger partial charge in [0.2, 0.25) is 5.91 Å². The van der Waals surface area contributed by atoms with E-state index in [1.807, 2.05) is 30.3 Å². The molecule has 0 radical (unpaired) electrons. The number of nitrogens with zero attached hydrogens (tertiary/aromatic N) is 1. The quantitative estimate of drug-likeness (QED) is 0.777. The summed E-state index contributed by atoms with van der Waals surface area (Å²) in [6.45, 7) is 4.37. The van der Waals surface area contributed by atoms with Crippen LogP contribution in [-0.4, -0.2) is 11.7 Å². The summed E-state index contributed by atoms with van der Waals surface area (Å²) < 4.78 is 0. The minimum Gasteiger partial charge on any atom is -0.325 e. The maximum Gasteiger partial charge on any atom is 0.234 e. The summed E-state index contributed by atoms with van der Waals surface area (Å²) in [5, 5.41) is 11.8. The second-order valence-corrected chi connectivity index (χ2v) is 6.77. The number of benzene rings is 2. The summed E-state index contributed by atoms with van der Waals surface area (Å²) in [4.78, 5) is 12.0. The van der Waals surface area contributed by atoms with Gasteiger partial charge in [0.1, 0.15) is 0 Å². The number of carbonyl (C=O) groups is 1. The smallest absolute Gasteiger partial charge is 0.234 e. The average molecular weight is 338 g/mol. The van der Waals surface area contributed by atoms with Crippen molar-refractivity contribution in [3.63, 3.8) is 0 Å². The Morgan fingerprint density at radius 3 is 2.67 bits per heavy atom. The van der Waals surface area contributed by atoms with Gasteiger partial charge in [0.25, 0.3) is 0 Å². The molecule has 0 saturated heterocycles. The van der Waals surface area contributed by atoms with Crippen LogP contribution in [0.1, 0.15) is 42.9 Å². The fourth-order valence-corrected chi connectivity index (χ4v) is 3.09. The summed E-state index contributed by atoms with van der Waals surface area (Å²) in [5.74, 6) is 1.64. The average Bonchev–Trinajstić information content (AvgIpc) is 2.62. The SMILES string of the molecule is CC[C@H](C)c1ccc(NC(=O)CSCc2cccc(C#N)c2)cc1. The molecule has 0 spiro atoms. The van der Waals surface area contributed by atoms with E-state index in [2.05, 4.69) is 37.4 Å². The minimum atomic E-state index is -0.00673. The molecular weight excluding hydrogens is 316 g/mol. The van der Waals surface area contributed by atoms with Crippen molar-refractivity contribution in [1.29, 1.82) is 5.26 Å². The van der Waals surface area contributed by atoms with Gasteiger partial charge in [-0.25, -0.2) is 0 Å². The summed E-state index contributed by atoms with van der Waals surface area (Å²) in [6, 6.07) is 17.7. The first-order valence-electron chi connectivity index (χ1n) is 8.09. The van der Waals surface area contributed by atoms with Gasteiger partial charge in [0.05, 0.1) is 17.4 Å². The predicted molar refractivity (Wildman–Crippen MR) is 101 cm³/mol. The van der Waals surface area contributed by atoms with Crippen molar-refractivity contribution in [2.45, 2.75) is 31.9 Å². The maximum atomic E-state index is 12.0. The normalized spacial score (nSPS) is 11.5. The predicted octanol–water partition coefficient (Wildman–Crippen LogP) is 4.94. The number of nitrogens with one attached hydrogen (secondary N) is 1. The molecule has 0 aliphatic carbocycles. The van der Waals surface area contributed by atoms with Crippen LogP contribution in [0.2, 0.25) is 0 Å². The Bertz CT molecular complexity index is 719. The van der Waals surface area contributed by atoms with Crippen LogP contribution in [-0.2, 0) is 10.5 Å². The van der Waals surface area contributed by atoms with E-state index in [9.17, 15) is 4.79 Å². The highest BCUT2D eigenvalue weighted by Crippen LogP contribution is 2.21. The molecule has 2 rings (SSSR count). The highest BCUT2D eigenvalue weighted by atomic mass is 32.2. The lowest BCUT2D eigenvalue weighted by molar-refractivity contribution is -0.113. The molecule has 0 unspecified atom stereocenters. The zero-order chi connectivity index (χ0) is 17.4. The molecule has 0 fully saturated rings. The monoisotopic (exact) mass is 338 g/mol. The molecule has 0 aliphatic rings. The van der Waals surface area contributed by atoms with Gasteiger partial charge in [-0.3, -0.25) is 4.79 Å². The lowest BCUT2D eigenvalue weighted by atomic mass is 9.99. The molecule has 2 aromatic carbocycles. The van der Waals surface area contributed by atoms with Gasteiger partial charge in [-0.2, -0.15) is 5.26 Å². The molecule has 0 saturated carbocycles. The Kier molecular flexibility index (Phi) is 6.89. The third-order valence-corrected chi connectivity index (χ3v) is 4.94. The molecule has 2 aromatic rings. The fraction of sp³-hybridized carbons (Fsp3) is 0.300. The zero-order valence-corrected chi connectivity index (χ0v) is 14.9. The molecule has 124 valence electrons. The molecular formula is C20H22N2OS. The molecule has 1 amide bonds. The standard InChI is InChI=1S/C20H22N2OS/c1-3-15(2)18-7-9-19(10-8-18)22-20(23)14-24-13-17-6-4-5-16(11-17)12-21/h4-11,15H,3,13-14H2,1-2H3,(H,22,23)/t15-/m0/s1. The van der Waals surface area contributed by atoms with Crippen LogP contribution in [0.4, 0.5) is 5.69 Å². The van der Waals surface area contributed by atoms with Gasteiger partial charge in [-0.05, 0) is 47.7 Å². The van der Waals surface area contributed by atoms with E-state index in [-0.39, 0.29) is 5.91 Å². The van der Waals surface area contributed by atoms with Gasteiger partial charge in [-0.15, -0.1) is 11.8 Å². The molecule has 0 heterocycles. The first-order chi connectivity index (χ1) is 11.6. The third-order valence-electron chi connectivity index (χ3n) is 3.93. The number of anilines is 1. The third kappa shape index (κ3) is 5.43. The van der Waals surface area contributed by atoms with Gasteiger partial charge >= 0.3 is 0 Å². The van der Waals surface area contributed by atoms with E-state index in [1.54, 1.807) is 17.8 Å². The number of hydrogen-bond donors (Lipinski definition) is 1. The summed E-state index contributed by atoms with van der Waals surface area (Å²) in [7, 11) is 0. The van der Waals surface area contributed by atoms with Crippen molar-refractivity contribution in [1.82, 2.24) is 0 Å². The van der Waals surface area contributed by atoms with Crippen LogP contribution in [0.3, 0.4) is 0 Å². The fourth-order valence-electron chi connectivity index (χ4n) is 2.32. The number of carbonyl (C=O) groups excluding carboxylic acids is 1. The second kappa shape index (κ2) is 9.14. The molecule has 1 N–H and O–H groups in total. The van der Waals surface area contributed by atoms with Crippen LogP contribution >= 0.6 is 11.8 Å². The lowest BCUT2D eigenvalue weighted by Crippen LogP contribution is -2.14. The molecule has 0 bridgehead atoms. The Hall–Kier alpha value is -2.25. The molecule has 3 nitrogen and oxygen atoms in total. The van der Waals surface area contributed by atoms with E-state index < -0.39 is 0 Å². The maximum absolute atomic E-state index is 12.0. The summed E-state index contributed by atoms with van der Waals surface area (Å²) in [5.41, 5.74) is 3.84. The number of amides is 1. The molecule has 0 aromatic heterocycles. The molecule has 24 heavy (non-hydrogen) atoms. The van der Waals surface area contributed by atoms with Crippen molar-refractivity contribution in [2.75, 3.05) is 11.1 Å². The van der Waals surface area contributed by atoms with Crippen molar-refractivity contribution in [2.24, 2.45) is 0 Å².